The fourth-order valence-electron chi connectivity index (χ4n) is 1.27. The van der Waals surface area contributed by atoms with Gasteiger partial charge < -0.3 is 0 Å². The Labute approximate surface area is 95.4 Å². The van der Waals surface area contributed by atoms with E-state index in [1.165, 1.54) is 10.7 Å². The zero-order chi connectivity index (χ0) is 11.5. The number of amides is 1. The number of nitrogens with zero attached hydrogens (tertiary/aromatic N) is 1. The molecule has 15 heavy (non-hydrogen) atoms. The molecule has 0 fully saturated rings. The maximum atomic E-state index is 11.5. The lowest BCUT2D eigenvalue weighted by molar-refractivity contribution is -0.119. The van der Waals surface area contributed by atoms with Crippen molar-refractivity contribution in [3.63, 3.8) is 0 Å². The number of carbonyl (C=O) groups is 1. The summed E-state index contributed by atoms with van der Waals surface area (Å²) in [5, 5.41) is 3.07. The summed E-state index contributed by atoms with van der Waals surface area (Å²) in [4.78, 5) is 11.5. The highest BCUT2D eigenvalue weighted by molar-refractivity contribution is 8.11. The molecule has 6 heteroatoms. The second kappa shape index (κ2) is 5.03. The number of allylic oxidation sites excluding steroid dienone is 1. The first kappa shape index (κ1) is 12.6. The first-order valence-electron chi connectivity index (χ1n) is 4.84. The summed E-state index contributed by atoms with van der Waals surface area (Å²) >= 11 is 5.25. The normalized spacial score (nSPS) is 19.7. The zero-order valence-electron chi connectivity index (χ0n) is 8.77. The molecule has 3 N–H and O–H groups in total. The Hall–Kier alpha value is -0.480. The number of nitrogens with two attached hydrogens (primary N) is 1. The molecular formula is C9H16N3OPS. The van der Waals surface area contributed by atoms with Crippen molar-refractivity contribution in [2.45, 2.75) is 19.8 Å². The van der Waals surface area contributed by atoms with Gasteiger partial charge in [0.1, 0.15) is 0 Å². The number of carbonyl (C=O) groups excluding carboxylic acids is 1. The second-order valence-corrected chi connectivity index (χ2v) is 6.99. The molecule has 0 spiro atoms. The van der Waals surface area contributed by atoms with Crippen molar-refractivity contribution in [3.8, 4) is 0 Å². The van der Waals surface area contributed by atoms with Gasteiger partial charge in [-0.15, -0.1) is 0 Å². The van der Waals surface area contributed by atoms with Gasteiger partial charge in [-0.1, -0.05) is 19.9 Å². The van der Waals surface area contributed by atoms with E-state index >= 15 is 0 Å². The van der Waals surface area contributed by atoms with Crippen LogP contribution in [0.4, 0.5) is 0 Å². The molecule has 0 bridgehead atoms. The molecule has 1 rings (SSSR count). The predicted molar refractivity (Wildman–Crippen MR) is 66.5 cm³/mol. The minimum Gasteiger partial charge on any atom is -0.274 e. The Morgan fingerprint density at radius 3 is 2.80 bits per heavy atom. The van der Waals surface area contributed by atoms with E-state index in [-0.39, 0.29) is 5.91 Å². The molecule has 0 aliphatic carbocycles. The monoisotopic (exact) mass is 245 g/mol. The molecular weight excluding hydrogens is 229 g/mol. The van der Waals surface area contributed by atoms with Gasteiger partial charge in [0.05, 0.1) is 0 Å². The summed E-state index contributed by atoms with van der Waals surface area (Å²) in [6, 6.07) is 0. The van der Waals surface area contributed by atoms with Crippen LogP contribution in [0.25, 0.3) is 0 Å². The van der Waals surface area contributed by atoms with Crippen LogP contribution in [0.3, 0.4) is 0 Å². The van der Waals surface area contributed by atoms with E-state index in [4.69, 9.17) is 17.3 Å². The van der Waals surface area contributed by atoms with Crippen molar-refractivity contribution in [2.75, 3.05) is 6.54 Å². The Bertz CT molecular complexity index is 335. The summed E-state index contributed by atoms with van der Waals surface area (Å²) in [6.07, 6.45) is 5.14. The van der Waals surface area contributed by atoms with Gasteiger partial charge >= 0.3 is 0 Å². The molecule has 0 radical (unpaired) electrons. The summed E-state index contributed by atoms with van der Waals surface area (Å²) in [5.41, 5.74) is 6.54. The van der Waals surface area contributed by atoms with Crippen LogP contribution in [0.5, 0.6) is 0 Å². The number of unbranched alkanes of at least 4 members (excludes halogenated alkanes) is 1. The molecule has 0 aromatic rings. The highest BCUT2D eigenvalue weighted by Crippen LogP contribution is 2.42. The second-order valence-electron chi connectivity index (χ2n) is 3.36. The Morgan fingerprint density at radius 1 is 1.67 bits per heavy atom. The van der Waals surface area contributed by atoms with Crippen molar-refractivity contribution in [1.29, 1.82) is 0 Å². The third kappa shape index (κ3) is 2.98. The van der Waals surface area contributed by atoms with Gasteiger partial charge in [0.2, 0.25) is 0 Å². The quantitative estimate of drug-likeness (QED) is 0.569. The van der Waals surface area contributed by atoms with Crippen LogP contribution >= 0.6 is 6.49 Å². The zero-order valence-corrected chi connectivity index (χ0v) is 10.5. The molecule has 0 aromatic carbocycles. The van der Waals surface area contributed by atoms with Gasteiger partial charge in [-0.3, -0.25) is 20.1 Å². The summed E-state index contributed by atoms with van der Waals surface area (Å²) < 4.78 is 1.40. The first-order chi connectivity index (χ1) is 6.99. The molecule has 1 atom stereocenters. The average Bonchev–Trinajstić information content (AvgIpc) is 2.46. The number of hydrogen-bond acceptors (Lipinski definition) is 2. The van der Waals surface area contributed by atoms with Crippen LogP contribution in [-0.2, 0) is 16.6 Å². The summed E-state index contributed by atoms with van der Waals surface area (Å²) in [6.45, 7) is 4.09. The smallest absolute Gasteiger partial charge is 0.256 e. The van der Waals surface area contributed by atoms with Gasteiger partial charge in [0, 0.05) is 18.3 Å². The van der Waals surface area contributed by atoms with Gasteiger partial charge in [0.15, 0.2) is 6.49 Å². The first-order valence-corrected chi connectivity index (χ1v) is 7.66. The maximum Gasteiger partial charge on any atom is 0.256 e. The van der Waals surface area contributed by atoms with Crippen molar-refractivity contribution in [1.82, 2.24) is 9.76 Å². The van der Waals surface area contributed by atoms with E-state index in [0.29, 0.717) is 5.70 Å². The van der Waals surface area contributed by atoms with Gasteiger partial charge in [-0.25, -0.2) is 0 Å². The Morgan fingerprint density at radius 2 is 2.33 bits per heavy atom. The number of hydrogen-bond donors (Lipinski definition) is 2. The summed E-state index contributed by atoms with van der Waals surface area (Å²) in [7, 11) is 0. The van der Waals surface area contributed by atoms with E-state index in [9.17, 15) is 4.79 Å². The van der Waals surface area contributed by atoms with Crippen LogP contribution in [0.2, 0.25) is 0 Å². The van der Waals surface area contributed by atoms with Crippen LogP contribution in [0, 0.1) is 0 Å². The van der Waals surface area contributed by atoms with Gasteiger partial charge in [0.25, 0.3) is 5.91 Å². The lowest BCUT2D eigenvalue weighted by Crippen LogP contribution is -2.32. The third-order valence-electron chi connectivity index (χ3n) is 2.06. The molecule has 4 nitrogen and oxygen atoms in total. The average molecular weight is 245 g/mol. The minimum absolute atomic E-state index is 0.171. The topological polar surface area (TPSA) is 58.4 Å². The van der Waals surface area contributed by atoms with Crippen molar-refractivity contribution in [2.24, 2.45) is 5.50 Å². The minimum atomic E-state index is -2.48. The SMILES string of the molecule is C=C1C=CC(=O)N1P(N)(=S)NCCCC. The molecule has 1 aliphatic rings. The maximum absolute atomic E-state index is 11.5. The largest absolute Gasteiger partial charge is 0.274 e. The van der Waals surface area contributed by atoms with Crippen molar-refractivity contribution >= 4 is 24.2 Å². The fraction of sp³-hybridized carbons (Fsp3) is 0.444. The standard InChI is InChI=1S/C9H16N3OPS/c1-3-4-7-11-14(10,15)12-8(2)5-6-9(12)13/h5-6H,2-4,7H2,1H3,(H3,10,11,15). The molecule has 1 aliphatic heterocycles. The van der Waals surface area contributed by atoms with Crippen LogP contribution in [-0.4, -0.2) is 17.1 Å². The van der Waals surface area contributed by atoms with Crippen LogP contribution < -0.4 is 10.6 Å². The lowest BCUT2D eigenvalue weighted by Gasteiger charge is -2.29. The third-order valence-corrected chi connectivity index (χ3v) is 4.67. The van der Waals surface area contributed by atoms with Crippen LogP contribution in [0.1, 0.15) is 19.8 Å². The number of rotatable bonds is 5. The molecule has 0 saturated carbocycles. The predicted octanol–water partition coefficient (Wildman–Crippen LogP) is 1.47. The van der Waals surface area contributed by atoms with Gasteiger partial charge in [-0.2, -0.15) is 0 Å². The van der Waals surface area contributed by atoms with E-state index < -0.39 is 6.49 Å². The molecule has 1 heterocycles. The molecule has 1 amide bonds. The highest BCUT2D eigenvalue weighted by Gasteiger charge is 2.29. The number of nitrogens with one attached hydrogen (secondary N) is 1. The van der Waals surface area contributed by atoms with E-state index in [2.05, 4.69) is 18.6 Å². The van der Waals surface area contributed by atoms with Crippen molar-refractivity contribution < 1.29 is 4.79 Å². The Balaban J connectivity index is 2.65. The molecule has 0 saturated heterocycles. The van der Waals surface area contributed by atoms with E-state index in [1.54, 1.807) is 6.08 Å². The van der Waals surface area contributed by atoms with Crippen molar-refractivity contribution in [3.05, 3.63) is 24.4 Å². The van der Waals surface area contributed by atoms with Crippen LogP contribution in [0.15, 0.2) is 24.4 Å². The Kier molecular flexibility index (Phi) is 4.22. The highest BCUT2D eigenvalue weighted by atomic mass is 32.4. The molecule has 84 valence electrons. The van der Waals surface area contributed by atoms with E-state index in [0.717, 1.165) is 19.4 Å². The van der Waals surface area contributed by atoms with E-state index in [1.807, 2.05) is 0 Å². The summed E-state index contributed by atoms with van der Waals surface area (Å²) in [5.74, 6) is -0.171. The van der Waals surface area contributed by atoms with Gasteiger partial charge in [-0.05, 0) is 24.3 Å². The molecule has 1 unspecified atom stereocenters. The lowest BCUT2D eigenvalue weighted by atomic mass is 10.3. The molecule has 0 aromatic heterocycles. The fourth-order valence-corrected chi connectivity index (χ4v) is 3.53.